The maximum Gasteiger partial charge on any atom is 0.434 e. The molecule has 0 saturated heterocycles. The predicted molar refractivity (Wildman–Crippen MR) is 139 cm³/mol. The summed E-state index contributed by atoms with van der Waals surface area (Å²) in [5, 5.41) is 4.94. The lowest BCUT2D eigenvalue weighted by atomic mass is 10.1. The Morgan fingerprint density at radius 3 is 2.49 bits per heavy atom. The summed E-state index contributed by atoms with van der Waals surface area (Å²) in [6.07, 6.45) is 1.93. The van der Waals surface area contributed by atoms with Gasteiger partial charge in [0.15, 0.2) is 5.69 Å². The normalized spacial score (nSPS) is 13.9. The third kappa shape index (κ3) is 4.62. The van der Waals surface area contributed by atoms with E-state index in [1.807, 2.05) is 42.8 Å². The fourth-order valence-corrected chi connectivity index (χ4v) is 4.79. The van der Waals surface area contributed by atoms with Crippen molar-refractivity contribution < 1.29 is 17.9 Å². The second-order valence-corrected chi connectivity index (χ2v) is 9.94. The van der Waals surface area contributed by atoms with Crippen molar-refractivity contribution in [3.63, 3.8) is 0 Å². The number of nitrogens with zero attached hydrogens (tertiary/aromatic N) is 7. The van der Waals surface area contributed by atoms with Gasteiger partial charge in [-0.15, -0.1) is 0 Å². The van der Waals surface area contributed by atoms with Gasteiger partial charge in [0.25, 0.3) is 0 Å². The van der Waals surface area contributed by atoms with Crippen LogP contribution in [-0.4, -0.2) is 41.4 Å². The average Bonchev–Trinajstić information content (AvgIpc) is 3.56. The molecule has 1 aliphatic carbocycles. The Kier molecular flexibility index (Phi) is 6.08. The van der Waals surface area contributed by atoms with Crippen molar-refractivity contribution in [3.05, 3.63) is 72.1 Å². The first kappa shape index (κ1) is 25.0. The lowest BCUT2D eigenvalue weighted by Gasteiger charge is -2.12. The van der Waals surface area contributed by atoms with Crippen molar-refractivity contribution in [2.75, 3.05) is 7.11 Å². The second-order valence-electron chi connectivity index (χ2n) is 9.94. The van der Waals surface area contributed by atoms with E-state index in [0.29, 0.717) is 29.6 Å². The fourth-order valence-electron chi connectivity index (χ4n) is 4.79. The molecule has 1 saturated carbocycles. The lowest BCUT2D eigenvalue weighted by Crippen LogP contribution is -2.05. The molecular formula is C28H26F3N7O. The van der Waals surface area contributed by atoms with Crippen LogP contribution in [0.2, 0.25) is 0 Å². The monoisotopic (exact) mass is 533 g/mol. The van der Waals surface area contributed by atoms with Crippen LogP contribution in [0.3, 0.4) is 0 Å². The minimum absolute atomic E-state index is 0.177. The average molecular weight is 534 g/mol. The van der Waals surface area contributed by atoms with Crippen LogP contribution in [0.4, 0.5) is 13.2 Å². The first-order valence-corrected chi connectivity index (χ1v) is 12.7. The molecule has 1 fully saturated rings. The third-order valence-corrected chi connectivity index (χ3v) is 6.87. The van der Waals surface area contributed by atoms with Gasteiger partial charge < -0.3 is 9.30 Å². The van der Waals surface area contributed by atoms with Crippen LogP contribution in [0.15, 0.2) is 55.1 Å². The zero-order chi connectivity index (χ0) is 27.3. The van der Waals surface area contributed by atoms with Gasteiger partial charge in [-0.1, -0.05) is 24.3 Å². The number of aromatic nitrogens is 7. The molecule has 4 heterocycles. The summed E-state index contributed by atoms with van der Waals surface area (Å²) in [7, 11) is 1.58. The Balaban J connectivity index is 1.37. The number of imidazole rings is 1. The van der Waals surface area contributed by atoms with Gasteiger partial charge in [-0.2, -0.15) is 18.3 Å². The number of methoxy groups -OCH3 is 1. The maximum absolute atomic E-state index is 13.3. The number of hydrogen-bond donors (Lipinski definition) is 0. The number of fused-ring (bicyclic) bond motifs is 1. The van der Waals surface area contributed by atoms with Crippen LogP contribution in [0.5, 0.6) is 5.88 Å². The van der Waals surface area contributed by atoms with E-state index in [0.717, 1.165) is 46.9 Å². The molecule has 0 atom stereocenters. The van der Waals surface area contributed by atoms with Crippen molar-refractivity contribution in [2.45, 2.75) is 51.4 Å². The van der Waals surface area contributed by atoms with E-state index >= 15 is 0 Å². The predicted octanol–water partition coefficient (Wildman–Crippen LogP) is 6.29. The number of ether oxygens (including phenoxy) is 1. The first-order valence-electron chi connectivity index (χ1n) is 12.7. The Bertz CT molecular complexity index is 1650. The Morgan fingerprint density at radius 2 is 1.82 bits per heavy atom. The van der Waals surface area contributed by atoms with Crippen molar-refractivity contribution in [2.24, 2.45) is 0 Å². The molecule has 0 radical (unpaired) electrons. The van der Waals surface area contributed by atoms with E-state index in [-0.39, 0.29) is 11.9 Å². The Morgan fingerprint density at radius 1 is 1.05 bits per heavy atom. The first-order chi connectivity index (χ1) is 18.7. The van der Waals surface area contributed by atoms with Gasteiger partial charge in [0.1, 0.15) is 23.4 Å². The molecule has 39 heavy (non-hydrogen) atoms. The second kappa shape index (κ2) is 9.48. The highest BCUT2D eigenvalue weighted by Gasteiger charge is 2.35. The van der Waals surface area contributed by atoms with Gasteiger partial charge in [-0.05, 0) is 44.4 Å². The van der Waals surface area contributed by atoms with Crippen molar-refractivity contribution >= 4 is 11.0 Å². The molecule has 200 valence electrons. The maximum atomic E-state index is 13.3. The summed E-state index contributed by atoms with van der Waals surface area (Å²) in [6, 6.07) is 11.0. The van der Waals surface area contributed by atoms with Gasteiger partial charge in [-0.25, -0.2) is 15.0 Å². The lowest BCUT2D eigenvalue weighted by molar-refractivity contribution is -0.140. The van der Waals surface area contributed by atoms with E-state index in [4.69, 9.17) is 9.84 Å². The molecule has 6 rings (SSSR count). The number of pyridine rings is 1. The Labute approximate surface area is 222 Å². The van der Waals surface area contributed by atoms with Crippen molar-refractivity contribution in [1.82, 2.24) is 34.3 Å². The molecule has 0 spiro atoms. The molecule has 11 heteroatoms. The van der Waals surface area contributed by atoms with Gasteiger partial charge in [0.05, 0.1) is 30.4 Å². The van der Waals surface area contributed by atoms with Crippen LogP contribution in [0.1, 0.15) is 55.6 Å². The fraction of sp³-hybridized carbons (Fsp3) is 0.321. The number of halogens is 3. The molecule has 5 aromatic rings. The number of benzene rings is 1. The highest BCUT2D eigenvalue weighted by atomic mass is 19.4. The van der Waals surface area contributed by atoms with Gasteiger partial charge in [-0.3, -0.25) is 9.67 Å². The molecule has 8 nitrogen and oxygen atoms in total. The van der Waals surface area contributed by atoms with E-state index in [1.165, 1.54) is 6.33 Å². The third-order valence-electron chi connectivity index (χ3n) is 6.87. The summed E-state index contributed by atoms with van der Waals surface area (Å²) in [5.41, 5.74) is 4.55. The van der Waals surface area contributed by atoms with E-state index in [9.17, 15) is 13.2 Å². The molecule has 0 bridgehead atoms. The molecule has 4 aromatic heterocycles. The topological polar surface area (TPSA) is 83.5 Å². The number of alkyl halides is 3. The van der Waals surface area contributed by atoms with Crippen LogP contribution >= 0.6 is 0 Å². The van der Waals surface area contributed by atoms with E-state index in [1.54, 1.807) is 30.0 Å². The molecule has 1 aliphatic rings. The summed E-state index contributed by atoms with van der Waals surface area (Å²) in [6.45, 7) is 4.09. The smallest absolute Gasteiger partial charge is 0.434 e. The van der Waals surface area contributed by atoms with Gasteiger partial charge >= 0.3 is 6.18 Å². The van der Waals surface area contributed by atoms with Crippen molar-refractivity contribution in [1.29, 1.82) is 0 Å². The summed E-state index contributed by atoms with van der Waals surface area (Å²) < 4.78 is 49.0. The minimum Gasteiger partial charge on any atom is -0.480 e. The van der Waals surface area contributed by atoms with Crippen LogP contribution < -0.4 is 4.74 Å². The molecule has 0 amide bonds. The largest absolute Gasteiger partial charge is 0.480 e. The van der Waals surface area contributed by atoms with Crippen molar-refractivity contribution in [3.8, 4) is 28.5 Å². The molecule has 0 aliphatic heterocycles. The highest BCUT2D eigenvalue weighted by Crippen LogP contribution is 2.46. The quantitative estimate of drug-likeness (QED) is 0.245. The van der Waals surface area contributed by atoms with Crippen LogP contribution in [0.25, 0.3) is 33.7 Å². The highest BCUT2D eigenvalue weighted by molar-refractivity contribution is 5.92. The standard InChI is InChI=1S/C28H26F3N7O/c1-16(2)37-14-21(28(29,30)31)35-26(37)19-8-6-17(7-9-19)13-38-20-5-4-12-32-24(20)25(36-38)22-23(18-10-11-18)33-15-34-27(22)39-3/h4-9,12,14-16,18H,10-11,13H2,1-3H3. The van der Waals surface area contributed by atoms with Crippen LogP contribution in [-0.2, 0) is 12.7 Å². The zero-order valence-electron chi connectivity index (χ0n) is 21.6. The van der Waals surface area contributed by atoms with Crippen LogP contribution in [0, 0.1) is 0 Å². The minimum atomic E-state index is -4.51. The number of hydrogen-bond acceptors (Lipinski definition) is 6. The van der Waals surface area contributed by atoms with Gasteiger partial charge in [0.2, 0.25) is 5.88 Å². The molecule has 1 aromatic carbocycles. The molecule has 0 N–H and O–H groups in total. The van der Waals surface area contributed by atoms with E-state index in [2.05, 4.69) is 19.9 Å². The Hall–Kier alpha value is -4.28. The summed E-state index contributed by atoms with van der Waals surface area (Å²) in [4.78, 5) is 17.4. The SMILES string of the molecule is COc1ncnc(C2CC2)c1-c1nn(Cc2ccc(-c3nc(C(F)(F)F)cn3C(C)C)cc2)c2cccnc12. The molecular weight excluding hydrogens is 507 g/mol. The van der Waals surface area contributed by atoms with Gasteiger partial charge in [0, 0.05) is 29.9 Å². The zero-order valence-corrected chi connectivity index (χ0v) is 21.6. The number of rotatable bonds is 7. The van der Waals surface area contributed by atoms with E-state index < -0.39 is 11.9 Å². The molecule has 0 unspecified atom stereocenters. The summed E-state index contributed by atoms with van der Waals surface area (Å²) >= 11 is 0. The summed E-state index contributed by atoms with van der Waals surface area (Å²) in [5.74, 6) is 1.10.